The predicted octanol–water partition coefficient (Wildman–Crippen LogP) is 5.46. The topological polar surface area (TPSA) is 82.6 Å². The Morgan fingerprint density at radius 3 is 2.73 bits per heavy atom. The van der Waals surface area contributed by atoms with Gasteiger partial charge in [-0.05, 0) is 68.5 Å². The second-order valence-corrected chi connectivity index (χ2v) is 8.87. The van der Waals surface area contributed by atoms with Crippen molar-refractivity contribution >= 4 is 34.3 Å². The third kappa shape index (κ3) is 4.69. The van der Waals surface area contributed by atoms with E-state index in [1.54, 1.807) is 0 Å². The molecule has 0 atom stereocenters. The van der Waals surface area contributed by atoms with Crippen LogP contribution in [0.4, 0.5) is 5.82 Å². The first-order valence-electron chi connectivity index (χ1n) is 11.4. The van der Waals surface area contributed by atoms with Crippen LogP contribution in [0.5, 0.6) is 11.5 Å². The summed E-state index contributed by atoms with van der Waals surface area (Å²) < 4.78 is 16.1. The highest BCUT2D eigenvalue weighted by Crippen LogP contribution is 2.37. The highest BCUT2D eigenvalue weighted by molar-refractivity contribution is 6.31. The standard InChI is InChI=1S/C25H26ClN3O4/c1-2-31-25(30)17-6-4-16(5-7-17)23-28-20-9-8-18(26)12-19(20)24(29-23)27-13-15-3-10-21-22(11-15)33-14-32-21/h3,8-12,16-17H,2,4-7,13-14H2,1H3,(H,27,28,29)/t16-,17-. The van der Waals surface area contributed by atoms with Crippen molar-refractivity contribution < 1.29 is 19.0 Å². The minimum Gasteiger partial charge on any atom is -0.466 e. The highest BCUT2D eigenvalue weighted by atomic mass is 35.5. The van der Waals surface area contributed by atoms with Crippen molar-refractivity contribution in [2.24, 2.45) is 5.92 Å². The van der Waals surface area contributed by atoms with Crippen LogP contribution in [0, 0.1) is 5.92 Å². The minimum atomic E-state index is -0.0869. The fraction of sp³-hybridized carbons (Fsp3) is 0.400. The molecule has 2 heterocycles. The number of hydrogen-bond donors (Lipinski definition) is 1. The molecule has 1 aliphatic heterocycles. The minimum absolute atomic E-state index is 0.0240. The first-order valence-corrected chi connectivity index (χ1v) is 11.7. The Hall–Kier alpha value is -3.06. The van der Waals surface area contributed by atoms with E-state index >= 15 is 0 Å². The van der Waals surface area contributed by atoms with Crippen LogP contribution in [-0.2, 0) is 16.1 Å². The van der Waals surface area contributed by atoms with Gasteiger partial charge in [0.2, 0.25) is 6.79 Å². The second kappa shape index (κ2) is 9.43. The number of carbonyl (C=O) groups is 1. The van der Waals surface area contributed by atoms with Crippen LogP contribution in [0.1, 0.15) is 49.9 Å². The molecule has 172 valence electrons. The zero-order chi connectivity index (χ0) is 22.8. The number of anilines is 1. The van der Waals surface area contributed by atoms with Crippen molar-refractivity contribution in [1.82, 2.24) is 9.97 Å². The van der Waals surface area contributed by atoms with Crippen LogP contribution in [0.2, 0.25) is 5.02 Å². The number of carbonyl (C=O) groups excluding carboxylic acids is 1. The van der Waals surface area contributed by atoms with Gasteiger partial charge in [-0.15, -0.1) is 0 Å². The molecule has 7 nitrogen and oxygen atoms in total. The Morgan fingerprint density at radius 1 is 1.09 bits per heavy atom. The van der Waals surface area contributed by atoms with Gasteiger partial charge >= 0.3 is 5.97 Å². The Balaban J connectivity index is 1.37. The summed E-state index contributed by atoms with van der Waals surface area (Å²) in [5.74, 6) is 3.17. The first-order chi connectivity index (χ1) is 16.1. The van der Waals surface area contributed by atoms with E-state index in [2.05, 4.69) is 5.32 Å². The van der Waals surface area contributed by atoms with Crippen molar-refractivity contribution in [3.8, 4) is 11.5 Å². The molecule has 1 aliphatic carbocycles. The second-order valence-electron chi connectivity index (χ2n) is 8.43. The molecular formula is C25H26ClN3O4. The third-order valence-electron chi connectivity index (χ3n) is 6.28. The summed E-state index contributed by atoms with van der Waals surface area (Å²) in [6.07, 6.45) is 3.32. The largest absolute Gasteiger partial charge is 0.466 e. The Labute approximate surface area is 197 Å². The van der Waals surface area contributed by atoms with E-state index < -0.39 is 0 Å². The van der Waals surface area contributed by atoms with Gasteiger partial charge in [0, 0.05) is 22.9 Å². The molecule has 0 radical (unpaired) electrons. The van der Waals surface area contributed by atoms with Crippen molar-refractivity contribution in [3.63, 3.8) is 0 Å². The van der Waals surface area contributed by atoms with Gasteiger partial charge in [0.15, 0.2) is 11.5 Å². The zero-order valence-corrected chi connectivity index (χ0v) is 19.2. The molecule has 2 aromatic carbocycles. The van der Waals surface area contributed by atoms with Gasteiger partial charge in [0.05, 0.1) is 18.0 Å². The molecule has 3 aromatic rings. The van der Waals surface area contributed by atoms with Crippen LogP contribution in [-0.4, -0.2) is 29.3 Å². The number of rotatable bonds is 6. The molecule has 0 spiro atoms. The molecule has 0 saturated heterocycles. The number of benzene rings is 2. The number of hydrogen-bond acceptors (Lipinski definition) is 7. The summed E-state index contributed by atoms with van der Waals surface area (Å²) in [6, 6.07) is 11.6. The highest BCUT2D eigenvalue weighted by Gasteiger charge is 2.29. The number of halogens is 1. The molecule has 1 N–H and O–H groups in total. The maximum atomic E-state index is 12.1. The molecule has 33 heavy (non-hydrogen) atoms. The Bertz CT molecular complexity index is 1180. The summed E-state index contributed by atoms with van der Waals surface area (Å²) in [5.41, 5.74) is 1.91. The van der Waals surface area contributed by atoms with Gasteiger partial charge in [0.1, 0.15) is 11.6 Å². The van der Waals surface area contributed by atoms with Crippen molar-refractivity contribution in [1.29, 1.82) is 0 Å². The molecule has 0 bridgehead atoms. The van der Waals surface area contributed by atoms with E-state index in [1.165, 1.54) is 0 Å². The lowest BCUT2D eigenvalue weighted by molar-refractivity contribution is -0.149. The van der Waals surface area contributed by atoms with Crippen LogP contribution < -0.4 is 14.8 Å². The van der Waals surface area contributed by atoms with E-state index in [-0.39, 0.29) is 24.6 Å². The number of nitrogens with one attached hydrogen (secondary N) is 1. The maximum absolute atomic E-state index is 12.1. The summed E-state index contributed by atoms with van der Waals surface area (Å²) >= 11 is 6.27. The van der Waals surface area contributed by atoms with Crippen LogP contribution in [0.15, 0.2) is 36.4 Å². The summed E-state index contributed by atoms with van der Waals surface area (Å²) in [5, 5.41) is 4.99. The van der Waals surface area contributed by atoms with Gasteiger partial charge in [-0.25, -0.2) is 9.97 Å². The third-order valence-corrected chi connectivity index (χ3v) is 6.52. The van der Waals surface area contributed by atoms with Crippen molar-refractivity contribution in [3.05, 3.63) is 52.8 Å². The molecule has 0 amide bonds. The van der Waals surface area contributed by atoms with Crippen LogP contribution >= 0.6 is 11.6 Å². The maximum Gasteiger partial charge on any atom is 0.308 e. The quantitative estimate of drug-likeness (QED) is 0.482. The molecule has 0 unspecified atom stereocenters. The van der Waals surface area contributed by atoms with E-state index in [0.717, 1.165) is 65.3 Å². The van der Waals surface area contributed by atoms with E-state index in [9.17, 15) is 4.79 Å². The summed E-state index contributed by atoms with van der Waals surface area (Å²) in [7, 11) is 0. The van der Waals surface area contributed by atoms with E-state index in [1.807, 2.05) is 43.3 Å². The van der Waals surface area contributed by atoms with Gasteiger partial charge in [-0.3, -0.25) is 4.79 Å². The predicted molar refractivity (Wildman–Crippen MR) is 126 cm³/mol. The summed E-state index contributed by atoms with van der Waals surface area (Å²) in [6.45, 7) is 3.09. The lowest BCUT2D eigenvalue weighted by Crippen LogP contribution is -2.24. The lowest BCUT2D eigenvalue weighted by Gasteiger charge is -2.26. The molecule has 1 saturated carbocycles. The number of nitrogens with zero attached hydrogens (tertiary/aromatic N) is 2. The smallest absolute Gasteiger partial charge is 0.308 e. The van der Waals surface area contributed by atoms with Crippen molar-refractivity contribution in [2.45, 2.75) is 45.1 Å². The SMILES string of the molecule is CCOC(=O)[C@H]1CC[C@H](c2nc(NCc3ccc4c(c3)OCO4)c3cc(Cl)ccc3n2)CC1. The van der Waals surface area contributed by atoms with Gasteiger partial charge < -0.3 is 19.5 Å². The van der Waals surface area contributed by atoms with E-state index in [4.69, 9.17) is 35.8 Å². The molecule has 1 fully saturated rings. The average molecular weight is 468 g/mol. The van der Waals surface area contributed by atoms with Crippen LogP contribution in [0.3, 0.4) is 0 Å². The Kier molecular flexibility index (Phi) is 6.22. The molecule has 5 rings (SSSR count). The fourth-order valence-electron chi connectivity index (χ4n) is 4.52. The van der Waals surface area contributed by atoms with E-state index in [0.29, 0.717) is 18.2 Å². The average Bonchev–Trinajstić information content (AvgIpc) is 3.31. The van der Waals surface area contributed by atoms with Crippen molar-refractivity contribution in [2.75, 3.05) is 18.7 Å². The summed E-state index contributed by atoms with van der Waals surface area (Å²) in [4.78, 5) is 21.9. The molecule has 1 aromatic heterocycles. The van der Waals surface area contributed by atoms with Crippen LogP contribution in [0.25, 0.3) is 10.9 Å². The first kappa shape index (κ1) is 21.8. The number of aromatic nitrogens is 2. The fourth-order valence-corrected chi connectivity index (χ4v) is 4.69. The Morgan fingerprint density at radius 2 is 1.91 bits per heavy atom. The monoisotopic (exact) mass is 467 g/mol. The number of fused-ring (bicyclic) bond motifs is 2. The van der Waals surface area contributed by atoms with Gasteiger partial charge in [0.25, 0.3) is 0 Å². The van der Waals surface area contributed by atoms with Gasteiger partial charge in [-0.2, -0.15) is 0 Å². The number of ether oxygens (including phenoxy) is 3. The molecular weight excluding hydrogens is 442 g/mol. The van der Waals surface area contributed by atoms with Gasteiger partial charge in [-0.1, -0.05) is 17.7 Å². The zero-order valence-electron chi connectivity index (χ0n) is 18.5. The normalized spacial score (nSPS) is 19.5. The lowest BCUT2D eigenvalue weighted by atomic mass is 9.81. The molecule has 2 aliphatic rings. The number of esters is 1. The molecule has 8 heteroatoms.